The molecule has 0 atom stereocenters. The van der Waals surface area contributed by atoms with E-state index in [0.717, 1.165) is 0 Å². The van der Waals surface area contributed by atoms with Crippen LogP contribution in [0, 0.1) is 0 Å². The Bertz CT molecular complexity index is 420. The normalized spacial score (nSPS) is 11.4. The molecule has 19 heavy (non-hydrogen) atoms. The van der Waals surface area contributed by atoms with E-state index in [0.29, 0.717) is 12.1 Å². The Hall–Kier alpha value is -1.21. The van der Waals surface area contributed by atoms with Gasteiger partial charge in [0.05, 0.1) is 6.61 Å². The third kappa shape index (κ3) is 5.12. The molecule has 1 rings (SSSR count). The largest absolute Gasteiger partial charge is 0.446 e. The third-order valence-corrected chi connectivity index (χ3v) is 3.11. The first-order chi connectivity index (χ1) is 8.87. The molecule has 0 saturated carbocycles. The number of carbonyl (C=O) groups is 1. The van der Waals surface area contributed by atoms with Crippen molar-refractivity contribution in [2.75, 3.05) is 19.7 Å². The fourth-order valence-electron chi connectivity index (χ4n) is 1.51. The predicted octanol–water partition coefficient (Wildman–Crippen LogP) is 2.75. The van der Waals surface area contributed by atoms with E-state index < -0.39 is 5.51 Å². The highest BCUT2D eigenvalue weighted by atomic mass is 32.2. The van der Waals surface area contributed by atoms with Gasteiger partial charge < -0.3 is 10.0 Å². The number of hydrogen-bond acceptors (Lipinski definition) is 3. The van der Waals surface area contributed by atoms with Gasteiger partial charge in [-0.25, -0.2) is 0 Å². The van der Waals surface area contributed by atoms with Crippen LogP contribution in [0.4, 0.5) is 13.2 Å². The first-order valence-corrected chi connectivity index (χ1v) is 6.45. The third-order valence-electron chi connectivity index (χ3n) is 2.37. The molecule has 7 heteroatoms. The van der Waals surface area contributed by atoms with Crippen LogP contribution in [0.1, 0.15) is 17.3 Å². The monoisotopic (exact) mass is 293 g/mol. The Kier molecular flexibility index (Phi) is 5.68. The summed E-state index contributed by atoms with van der Waals surface area (Å²) in [6.45, 7) is 2.25. The summed E-state index contributed by atoms with van der Waals surface area (Å²) in [6.07, 6.45) is 0. The standard InChI is InChI=1S/C12H14F3NO2S/c1-2-16(7-8-17)11(18)9-3-5-10(6-4-9)19-12(13,14)15/h3-6,17H,2,7-8H2,1H3. The van der Waals surface area contributed by atoms with Gasteiger partial charge in [0.2, 0.25) is 0 Å². The van der Waals surface area contributed by atoms with Gasteiger partial charge in [-0.3, -0.25) is 4.79 Å². The lowest BCUT2D eigenvalue weighted by atomic mass is 10.2. The number of likely N-dealkylation sites (N-methyl/N-ethyl adjacent to an activating group) is 1. The zero-order valence-electron chi connectivity index (χ0n) is 10.3. The van der Waals surface area contributed by atoms with Gasteiger partial charge in [-0.05, 0) is 43.0 Å². The summed E-state index contributed by atoms with van der Waals surface area (Å²) in [5, 5.41) is 8.81. The van der Waals surface area contributed by atoms with Crippen molar-refractivity contribution in [2.45, 2.75) is 17.3 Å². The number of aliphatic hydroxyl groups is 1. The number of hydrogen-bond donors (Lipinski definition) is 1. The molecule has 106 valence electrons. The summed E-state index contributed by atoms with van der Waals surface area (Å²) >= 11 is -0.219. The Morgan fingerprint density at radius 2 is 1.89 bits per heavy atom. The van der Waals surface area contributed by atoms with E-state index in [9.17, 15) is 18.0 Å². The van der Waals surface area contributed by atoms with Crippen molar-refractivity contribution < 1.29 is 23.1 Å². The highest BCUT2D eigenvalue weighted by molar-refractivity contribution is 8.00. The van der Waals surface area contributed by atoms with Crippen LogP contribution in [0.3, 0.4) is 0 Å². The van der Waals surface area contributed by atoms with Gasteiger partial charge >= 0.3 is 5.51 Å². The molecule has 0 heterocycles. The van der Waals surface area contributed by atoms with E-state index in [2.05, 4.69) is 0 Å². The van der Waals surface area contributed by atoms with Crippen LogP contribution < -0.4 is 0 Å². The van der Waals surface area contributed by atoms with Crippen molar-refractivity contribution in [1.82, 2.24) is 4.90 Å². The Balaban J connectivity index is 2.78. The number of carbonyl (C=O) groups excluding carboxylic acids is 1. The van der Waals surface area contributed by atoms with Gasteiger partial charge in [-0.2, -0.15) is 13.2 Å². The van der Waals surface area contributed by atoms with Gasteiger partial charge in [0.1, 0.15) is 0 Å². The van der Waals surface area contributed by atoms with E-state index in [1.165, 1.54) is 29.2 Å². The molecule has 0 aliphatic rings. The quantitative estimate of drug-likeness (QED) is 0.849. The van der Waals surface area contributed by atoms with Crippen LogP contribution in [-0.2, 0) is 0 Å². The van der Waals surface area contributed by atoms with Crippen LogP contribution in [-0.4, -0.2) is 41.1 Å². The number of aliphatic hydroxyl groups excluding tert-OH is 1. The number of thioether (sulfide) groups is 1. The summed E-state index contributed by atoms with van der Waals surface area (Å²) in [4.78, 5) is 13.4. The van der Waals surface area contributed by atoms with Crippen molar-refractivity contribution in [3.8, 4) is 0 Å². The van der Waals surface area contributed by atoms with Gasteiger partial charge in [0.25, 0.3) is 5.91 Å². The lowest BCUT2D eigenvalue weighted by Gasteiger charge is -2.19. The summed E-state index contributed by atoms with van der Waals surface area (Å²) in [5.41, 5.74) is -4.03. The Labute approximate surface area is 113 Å². The van der Waals surface area contributed by atoms with Gasteiger partial charge in [-0.15, -0.1) is 0 Å². The second-order valence-electron chi connectivity index (χ2n) is 3.68. The molecule has 0 saturated heterocycles. The van der Waals surface area contributed by atoms with E-state index in [1.54, 1.807) is 6.92 Å². The highest BCUT2D eigenvalue weighted by Crippen LogP contribution is 2.36. The lowest BCUT2D eigenvalue weighted by molar-refractivity contribution is -0.0328. The average molecular weight is 293 g/mol. The molecule has 0 aliphatic carbocycles. The summed E-state index contributed by atoms with van der Waals surface area (Å²) < 4.78 is 36.4. The SMILES string of the molecule is CCN(CCO)C(=O)c1ccc(SC(F)(F)F)cc1. The Morgan fingerprint density at radius 1 is 1.32 bits per heavy atom. The fraction of sp³-hybridized carbons (Fsp3) is 0.417. The molecule has 3 nitrogen and oxygen atoms in total. The maximum Gasteiger partial charge on any atom is 0.446 e. The number of rotatable bonds is 5. The minimum absolute atomic E-state index is 0.0363. The Morgan fingerprint density at radius 3 is 2.32 bits per heavy atom. The molecule has 0 unspecified atom stereocenters. The van der Waals surface area contributed by atoms with E-state index in [-0.39, 0.29) is 35.7 Å². The van der Waals surface area contributed by atoms with Crippen LogP contribution in [0.2, 0.25) is 0 Å². The minimum atomic E-state index is -4.34. The van der Waals surface area contributed by atoms with Crippen molar-refractivity contribution in [1.29, 1.82) is 0 Å². The fourth-order valence-corrected chi connectivity index (χ4v) is 2.05. The second-order valence-corrected chi connectivity index (χ2v) is 4.82. The van der Waals surface area contributed by atoms with Gasteiger partial charge in [0, 0.05) is 23.5 Å². The minimum Gasteiger partial charge on any atom is -0.395 e. The highest BCUT2D eigenvalue weighted by Gasteiger charge is 2.29. The van der Waals surface area contributed by atoms with Crippen LogP contribution in [0.15, 0.2) is 29.2 Å². The van der Waals surface area contributed by atoms with Crippen molar-refractivity contribution in [3.63, 3.8) is 0 Å². The lowest BCUT2D eigenvalue weighted by Crippen LogP contribution is -2.33. The molecule has 1 aromatic rings. The molecule has 0 bridgehead atoms. The molecular weight excluding hydrogens is 279 g/mol. The summed E-state index contributed by atoms with van der Waals surface area (Å²) in [6, 6.07) is 5.24. The number of amides is 1. The zero-order valence-corrected chi connectivity index (χ0v) is 11.1. The van der Waals surface area contributed by atoms with E-state index >= 15 is 0 Å². The molecule has 0 fully saturated rings. The van der Waals surface area contributed by atoms with Crippen molar-refractivity contribution in [3.05, 3.63) is 29.8 Å². The van der Waals surface area contributed by atoms with Crippen LogP contribution >= 0.6 is 11.8 Å². The molecule has 0 aromatic heterocycles. The number of halogens is 3. The maximum atomic E-state index is 12.1. The molecule has 1 amide bonds. The summed E-state index contributed by atoms with van der Waals surface area (Å²) in [7, 11) is 0. The van der Waals surface area contributed by atoms with Gasteiger partial charge in [-0.1, -0.05) is 0 Å². The molecule has 0 radical (unpaired) electrons. The molecular formula is C12H14F3NO2S. The number of benzene rings is 1. The average Bonchev–Trinajstić information content (AvgIpc) is 2.34. The van der Waals surface area contributed by atoms with Crippen LogP contribution in [0.25, 0.3) is 0 Å². The van der Waals surface area contributed by atoms with E-state index in [1.807, 2.05) is 0 Å². The smallest absolute Gasteiger partial charge is 0.395 e. The predicted molar refractivity (Wildman–Crippen MR) is 67.0 cm³/mol. The topological polar surface area (TPSA) is 40.5 Å². The first kappa shape index (κ1) is 15.8. The second kappa shape index (κ2) is 6.81. The van der Waals surface area contributed by atoms with Gasteiger partial charge in [0.15, 0.2) is 0 Å². The number of nitrogens with zero attached hydrogens (tertiary/aromatic N) is 1. The van der Waals surface area contributed by atoms with Crippen molar-refractivity contribution in [2.24, 2.45) is 0 Å². The molecule has 1 aromatic carbocycles. The molecule has 0 aliphatic heterocycles. The maximum absolute atomic E-state index is 12.1. The summed E-state index contributed by atoms with van der Waals surface area (Å²) in [5.74, 6) is -0.305. The van der Waals surface area contributed by atoms with Crippen molar-refractivity contribution >= 4 is 17.7 Å². The zero-order chi connectivity index (χ0) is 14.5. The molecule has 0 spiro atoms. The van der Waals surface area contributed by atoms with E-state index in [4.69, 9.17) is 5.11 Å². The van der Waals surface area contributed by atoms with Crippen LogP contribution in [0.5, 0.6) is 0 Å². The first-order valence-electron chi connectivity index (χ1n) is 5.63. The molecule has 1 N–H and O–H groups in total. The number of alkyl halides is 3.